The third-order valence-electron chi connectivity index (χ3n) is 14.6. The normalized spacial score (nSPS) is 51.3. The summed E-state index contributed by atoms with van der Waals surface area (Å²) in [6.45, 7) is 12.7. The summed E-state index contributed by atoms with van der Waals surface area (Å²) in [5, 5.41) is 0. The maximum absolute atomic E-state index is 3.98. The van der Waals surface area contributed by atoms with E-state index in [-0.39, 0.29) is 0 Å². The van der Waals surface area contributed by atoms with Gasteiger partial charge in [0.2, 0.25) is 0 Å². The Morgan fingerprint density at radius 3 is 1.68 bits per heavy atom. The van der Waals surface area contributed by atoms with Crippen LogP contribution in [0.3, 0.4) is 0 Å². The Labute approximate surface area is 244 Å². The molecule has 8 saturated carbocycles. The van der Waals surface area contributed by atoms with Crippen molar-refractivity contribution in [3.63, 3.8) is 0 Å². The highest BCUT2D eigenvalue weighted by Gasteiger charge is 2.75. The van der Waals surface area contributed by atoms with Gasteiger partial charge in [0.25, 0.3) is 0 Å². The van der Waals surface area contributed by atoms with Gasteiger partial charge in [-0.3, -0.25) is 0 Å². The second-order valence-corrected chi connectivity index (χ2v) is 18.2. The van der Waals surface area contributed by atoms with Gasteiger partial charge in [0.05, 0.1) is 0 Å². The molecule has 0 aliphatic heterocycles. The number of benzene rings is 1. The van der Waals surface area contributed by atoms with E-state index in [4.69, 9.17) is 0 Å². The summed E-state index contributed by atoms with van der Waals surface area (Å²) in [4.78, 5) is 0. The van der Waals surface area contributed by atoms with Crippen LogP contribution in [0.2, 0.25) is 0 Å². The minimum atomic E-state index is 0.360. The van der Waals surface area contributed by atoms with Crippen LogP contribution in [0.4, 0.5) is 0 Å². The first-order chi connectivity index (χ1) is 17.5. The maximum Gasteiger partial charge on any atom is 0.0218 e. The summed E-state index contributed by atoms with van der Waals surface area (Å²) >= 11 is 7.92. The lowest BCUT2D eigenvalue weighted by molar-refractivity contribution is -0.281. The fourth-order valence-corrected chi connectivity index (χ4v) is 15.3. The molecule has 8 fully saturated rings. The lowest BCUT2D eigenvalue weighted by Crippen LogP contribution is -2.70. The molecule has 0 radical (unpaired) electrons. The predicted octanol–water partition coefficient (Wildman–Crippen LogP) is 11.7. The highest BCUT2D eigenvalue weighted by molar-refractivity contribution is 9.11. The summed E-state index contributed by atoms with van der Waals surface area (Å²) in [6, 6.07) is 4.85. The molecule has 1 aromatic rings. The Kier molecular flexibility index (Phi) is 5.59. The molecule has 8 bridgehead atoms. The Balaban J connectivity index is 1.45. The van der Waals surface area contributed by atoms with Crippen molar-refractivity contribution in [1.82, 2.24) is 0 Å². The highest BCUT2D eigenvalue weighted by atomic mass is 79.9. The Bertz CT molecular complexity index is 1090. The predicted molar refractivity (Wildman–Crippen MR) is 163 cm³/mol. The molecule has 0 amide bonds. The van der Waals surface area contributed by atoms with Gasteiger partial charge < -0.3 is 0 Å². The molecule has 37 heavy (non-hydrogen) atoms. The Morgan fingerprint density at radius 2 is 1.14 bits per heavy atom. The van der Waals surface area contributed by atoms with Crippen LogP contribution < -0.4 is 0 Å². The Hall–Kier alpha value is 0.180. The third-order valence-corrected chi connectivity index (χ3v) is 15.9. The average molecular weight is 631 g/mol. The smallest absolute Gasteiger partial charge is 0.0218 e. The molecule has 8 aliphatic rings. The zero-order valence-corrected chi connectivity index (χ0v) is 27.5. The van der Waals surface area contributed by atoms with Crippen LogP contribution in [-0.4, -0.2) is 0 Å². The minimum absolute atomic E-state index is 0.360. The molecule has 1 aromatic carbocycles. The molecule has 4 atom stereocenters. The van der Waals surface area contributed by atoms with Crippen molar-refractivity contribution in [3.8, 4) is 0 Å². The minimum Gasteiger partial charge on any atom is -0.0649 e. The van der Waals surface area contributed by atoms with Crippen LogP contribution >= 0.6 is 31.9 Å². The quantitative estimate of drug-likeness (QED) is 0.293. The van der Waals surface area contributed by atoms with Gasteiger partial charge in [-0.2, -0.15) is 0 Å². The molecule has 4 unspecified atom stereocenters. The van der Waals surface area contributed by atoms with Gasteiger partial charge in [0, 0.05) is 8.95 Å². The molecule has 0 heterocycles. The van der Waals surface area contributed by atoms with Crippen molar-refractivity contribution in [2.45, 2.75) is 143 Å². The third kappa shape index (κ3) is 3.36. The molecular formula is C35H50Br2. The highest BCUT2D eigenvalue weighted by Crippen LogP contribution is 2.85. The monoisotopic (exact) mass is 628 g/mol. The van der Waals surface area contributed by atoms with Gasteiger partial charge in [0.15, 0.2) is 0 Å². The molecule has 9 rings (SSSR count). The van der Waals surface area contributed by atoms with Gasteiger partial charge in [-0.25, -0.2) is 0 Å². The van der Waals surface area contributed by atoms with Gasteiger partial charge in [-0.1, -0.05) is 85.2 Å². The van der Waals surface area contributed by atoms with E-state index in [1.54, 1.807) is 56.9 Å². The fraction of sp³-hybridized carbons (Fsp3) is 0.829. The summed E-state index contributed by atoms with van der Waals surface area (Å²) in [7, 11) is 0. The van der Waals surface area contributed by atoms with Crippen molar-refractivity contribution >= 4 is 31.9 Å². The largest absolute Gasteiger partial charge is 0.0649 e. The van der Waals surface area contributed by atoms with Gasteiger partial charge >= 0.3 is 0 Å². The summed E-state index contributed by atoms with van der Waals surface area (Å²) in [5.74, 6) is 1.01. The molecule has 0 saturated heterocycles. The van der Waals surface area contributed by atoms with Gasteiger partial charge in [-0.05, 0) is 151 Å². The van der Waals surface area contributed by atoms with Crippen molar-refractivity contribution < 1.29 is 0 Å². The van der Waals surface area contributed by atoms with Gasteiger partial charge in [-0.15, -0.1) is 0 Å². The first-order valence-corrected chi connectivity index (χ1v) is 17.5. The lowest BCUT2D eigenvalue weighted by atomic mass is 9.25. The second-order valence-electron chi connectivity index (χ2n) is 16.4. The summed E-state index contributed by atoms with van der Waals surface area (Å²) < 4.78 is 2.58. The molecule has 2 heteroatoms. The Morgan fingerprint density at radius 1 is 0.622 bits per heavy atom. The van der Waals surface area contributed by atoms with E-state index in [0.29, 0.717) is 37.9 Å². The van der Waals surface area contributed by atoms with E-state index in [2.05, 4.69) is 78.6 Å². The van der Waals surface area contributed by atoms with Crippen LogP contribution in [0.1, 0.15) is 142 Å². The van der Waals surface area contributed by atoms with E-state index in [1.165, 1.54) is 65.9 Å². The molecule has 204 valence electrons. The molecule has 0 spiro atoms. The zero-order valence-electron chi connectivity index (χ0n) is 24.3. The average Bonchev–Trinajstić information content (AvgIpc) is 2.84. The van der Waals surface area contributed by atoms with Crippen LogP contribution in [0.5, 0.6) is 0 Å². The SMILES string of the molecule is CCC12CC3CC(CC)(C1)CC(C14CC5(CC)CC(CC)(CC(c6cc(Br)cc(Br)c6C)(C5)C1)C4)(C3)C2. The standard InChI is InChI=1S/C35H50Br2/c1-6-29-12-25-13-30(7-2,15-29)20-34(14-25,19-29)35-21-31(8-3)16-32(9-4,22-35)18-33(17-31,23-35)27-10-26(36)11-28(37)24(27)5/h10-11,25H,6-9,12-23H2,1-5H3. The van der Waals surface area contributed by atoms with Crippen molar-refractivity contribution in [2.24, 2.45) is 38.4 Å². The van der Waals surface area contributed by atoms with Crippen molar-refractivity contribution in [2.75, 3.05) is 0 Å². The first kappa shape index (κ1) is 26.1. The molecular weight excluding hydrogens is 580 g/mol. The molecule has 8 aliphatic carbocycles. The molecule has 0 nitrogen and oxygen atoms in total. The van der Waals surface area contributed by atoms with E-state index < -0.39 is 0 Å². The van der Waals surface area contributed by atoms with Crippen LogP contribution in [0.15, 0.2) is 21.1 Å². The maximum atomic E-state index is 3.98. The topological polar surface area (TPSA) is 0 Å². The fourth-order valence-electron chi connectivity index (χ4n) is 14.1. The number of hydrogen-bond acceptors (Lipinski definition) is 0. The summed E-state index contributed by atoms with van der Waals surface area (Å²) in [5.41, 5.74) is 7.14. The van der Waals surface area contributed by atoms with Gasteiger partial charge in [0.1, 0.15) is 0 Å². The van der Waals surface area contributed by atoms with E-state index >= 15 is 0 Å². The van der Waals surface area contributed by atoms with Crippen molar-refractivity contribution in [3.05, 3.63) is 32.2 Å². The number of halogens is 2. The lowest BCUT2D eigenvalue weighted by Gasteiger charge is -2.79. The van der Waals surface area contributed by atoms with E-state index in [9.17, 15) is 0 Å². The van der Waals surface area contributed by atoms with E-state index in [0.717, 1.165) is 5.92 Å². The van der Waals surface area contributed by atoms with Crippen LogP contribution in [0, 0.1) is 45.3 Å². The number of rotatable bonds is 6. The van der Waals surface area contributed by atoms with E-state index in [1.807, 2.05) is 0 Å². The van der Waals surface area contributed by atoms with Crippen molar-refractivity contribution in [1.29, 1.82) is 0 Å². The molecule has 0 aromatic heterocycles. The second kappa shape index (κ2) is 7.92. The van der Waals surface area contributed by atoms with Crippen LogP contribution in [0.25, 0.3) is 0 Å². The number of hydrogen-bond donors (Lipinski definition) is 0. The summed E-state index contributed by atoms with van der Waals surface area (Å²) in [6.07, 6.45) is 24.1. The zero-order chi connectivity index (χ0) is 26.1. The van der Waals surface area contributed by atoms with Crippen LogP contribution in [-0.2, 0) is 5.41 Å². The molecule has 0 N–H and O–H groups in total. The first-order valence-electron chi connectivity index (χ1n) is 15.9.